The number of hydrogen-bond donors (Lipinski definition) is 3. The van der Waals surface area contributed by atoms with Crippen LogP contribution in [0.5, 0.6) is 0 Å². The van der Waals surface area contributed by atoms with E-state index in [-0.39, 0.29) is 47.9 Å². The molecular formula is C25H34F3N7O2. The number of likely N-dealkylation sites (tertiary alicyclic amines) is 1. The van der Waals surface area contributed by atoms with E-state index < -0.39 is 12.7 Å². The van der Waals surface area contributed by atoms with E-state index in [4.69, 9.17) is 10.3 Å². The number of carbonyl (C=O) groups excluding carboxylic acids is 1. The maximum Gasteiger partial charge on any atom is 0.406 e. The number of halogens is 3. The third kappa shape index (κ3) is 6.42. The monoisotopic (exact) mass is 521 g/mol. The van der Waals surface area contributed by atoms with Gasteiger partial charge in [-0.1, -0.05) is 25.1 Å². The van der Waals surface area contributed by atoms with Crippen LogP contribution in [-0.2, 0) is 17.9 Å². The van der Waals surface area contributed by atoms with E-state index in [1.165, 1.54) is 0 Å². The van der Waals surface area contributed by atoms with Crippen molar-refractivity contribution in [2.45, 2.75) is 64.5 Å². The summed E-state index contributed by atoms with van der Waals surface area (Å²) in [5.74, 6) is 0.102. The molecule has 9 nitrogen and oxygen atoms in total. The molecule has 1 aliphatic carbocycles. The SMILES string of the molecule is CC.CN1CCC(Nc2cccc3c2cc(-c2noc(CNC(=O)C4CC4)n2)n3CC(F)(F)F)C(N)C1. The van der Waals surface area contributed by atoms with Gasteiger partial charge in [-0.2, -0.15) is 18.2 Å². The topological polar surface area (TPSA) is 114 Å². The first-order valence-electron chi connectivity index (χ1n) is 12.7. The Balaban J connectivity index is 0.00000156. The molecule has 5 rings (SSSR count). The second-order valence-corrected chi connectivity index (χ2v) is 9.44. The molecule has 2 atom stereocenters. The fourth-order valence-corrected chi connectivity index (χ4v) is 4.56. The second kappa shape index (κ2) is 11.1. The number of likely N-dealkylation sites (N-methyl/N-ethyl adjacent to an activating group) is 1. The quantitative estimate of drug-likeness (QED) is 0.434. The van der Waals surface area contributed by atoms with Gasteiger partial charge in [-0.05, 0) is 51.1 Å². The molecule has 1 aliphatic heterocycles. The Morgan fingerprint density at radius 2 is 2.00 bits per heavy atom. The van der Waals surface area contributed by atoms with Gasteiger partial charge in [0, 0.05) is 35.6 Å². The van der Waals surface area contributed by atoms with Gasteiger partial charge >= 0.3 is 6.18 Å². The number of hydrogen-bond acceptors (Lipinski definition) is 7. The first kappa shape index (κ1) is 26.9. The maximum absolute atomic E-state index is 13.5. The van der Waals surface area contributed by atoms with Gasteiger partial charge in [0.2, 0.25) is 17.6 Å². The van der Waals surface area contributed by atoms with Crippen LogP contribution in [0.15, 0.2) is 28.8 Å². The molecule has 3 aromatic rings. The third-order valence-corrected chi connectivity index (χ3v) is 6.54. The molecule has 2 aromatic heterocycles. The van der Waals surface area contributed by atoms with Crippen LogP contribution in [0.4, 0.5) is 18.9 Å². The van der Waals surface area contributed by atoms with Crippen molar-refractivity contribution >= 4 is 22.5 Å². The lowest BCUT2D eigenvalue weighted by atomic mass is 10.00. The number of fused-ring (bicyclic) bond motifs is 1. The van der Waals surface area contributed by atoms with Crippen LogP contribution in [0.2, 0.25) is 0 Å². The fourth-order valence-electron chi connectivity index (χ4n) is 4.56. The average Bonchev–Trinajstić information content (AvgIpc) is 3.50. The van der Waals surface area contributed by atoms with Crippen molar-refractivity contribution in [3.63, 3.8) is 0 Å². The molecule has 1 saturated heterocycles. The first-order chi connectivity index (χ1) is 17.7. The lowest BCUT2D eigenvalue weighted by molar-refractivity contribution is -0.139. The van der Waals surface area contributed by atoms with Crippen LogP contribution in [-0.4, -0.2) is 63.9 Å². The van der Waals surface area contributed by atoms with Crippen LogP contribution in [0, 0.1) is 5.92 Å². The molecule has 1 amide bonds. The lowest BCUT2D eigenvalue weighted by Crippen LogP contribution is -2.53. The minimum Gasteiger partial charge on any atom is -0.380 e. The third-order valence-electron chi connectivity index (χ3n) is 6.54. The Labute approximate surface area is 213 Å². The number of aromatic nitrogens is 3. The summed E-state index contributed by atoms with van der Waals surface area (Å²) in [6, 6.07) is 6.73. The number of benzene rings is 1. The zero-order valence-electron chi connectivity index (χ0n) is 21.3. The number of nitrogens with two attached hydrogens (primary N) is 1. The van der Waals surface area contributed by atoms with E-state index >= 15 is 0 Å². The highest BCUT2D eigenvalue weighted by Gasteiger charge is 2.32. The standard InChI is InChI=1S/C23H28F3N7O2.C2H6/c1-32-8-7-17(15(27)11-32)29-16-3-2-4-18-14(16)9-19(33(18)12-23(24,25)26)21-30-20(35-31-21)10-28-22(34)13-5-6-13;1-2/h2-4,9,13,15,17,29H,5-8,10-12,27H2,1H3,(H,28,34);1-2H3. The molecule has 202 valence electrons. The molecule has 4 N–H and O–H groups in total. The van der Waals surface area contributed by atoms with Crippen molar-refractivity contribution in [3.05, 3.63) is 30.2 Å². The van der Waals surface area contributed by atoms with E-state index in [9.17, 15) is 18.0 Å². The molecule has 3 heterocycles. The highest BCUT2D eigenvalue weighted by atomic mass is 19.4. The highest BCUT2D eigenvalue weighted by Crippen LogP contribution is 2.35. The van der Waals surface area contributed by atoms with Gasteiger partial charge in [0.1, 0.15) is 6.54 Å². The first-order valence-corrected chi connectivity index (χ1v) is 12.7. The Morgan fingerprint density at radius 3 is 2.68 bits per heavy atom. The summed E-state index contributed by atoms with van der Waals surface area (Å²) < 4.78 is 47.0. The van der Waals surface area contributed by atoms with Gasteiger partial charge < -0.3 is 30.4 Å². The molecule has 37 heavy (non-hydrogen) atoms. The van der Waals surface area contributed by atoms with Crippen molar-refractivity contribution in [1.82, 2.24) is 24.9 Å². The van der Waals surface area contributed by atoms with Crippen molar-refractivity contribution in [1.29, 1.82) is 0 Å². The minimum atomic E-state index is -4.45. The molecule has 2 unspecified atom stereocenters. The molecule has 1 saturated carbocycles. The van der Waals surface area contributed by atoms with E-state index in [1.54, 1.807) is 18.2 Å². The van der Waals surface area contributed by atoms with E-state index in [0.717, 1.165) is 36.9 Å². The van der Waals surface area contributed by atoms with Gasteiger partial charge in [-0.25, -0.2) is 0 Å². The van der Waals surface area contributed by atoms with Gasteiger partial charge in [-0.3, -0.25) is 4.79 Å². The fraction of sp³-hybridized carbons (Fsp3) is 0.560. The number of carbonyl (C=O) groups is 1. The van der Waals surface area contributed by atoms with Crippen LogP contribution in [0.25, 0.3) is 22.4 Å². The van der Waals surface area contributed by atoms with Gasteiger partial charge in [0.15, 0.2) is 0 Å². The molecule has 0 bridgehead atoms. The van der Waals surface area contributed by atoms with Crippen LogP contribution < -0.4 is 16.4 Å². The summed E-state index contributed by atoms with van der Waals surface area (Å²) in [5, 5.41) is 10.7. The van der Waals surface area contributed by atoms with Crippen LogP contribution >= 0.6 is 0 Å². The lowest BCUT2D eigenvalue weighted by Gasteiger charge is -2.35. The summed E-state index contributed by atoms with van der Waals surface area (Å²) >= 11 is 0. The van der Waals surface area contributed by atoms with Crippen LogP contribution in [0.1, 0.15) is 39.0 Å². The minimum absolute atomic E-state index is 0.00178. The number of rotatable bonds is 7. The molecular weight excluding hydrogens is 487 g/mol. The summed E-state index contributed by atoms with van der Waals surface area (Å²) in [4.78, 5) is 18.3. The number of nitrogens with zero attached hydrogens (tertiary/aromatic N) is 4. The number of anilines is 1. The number of alkyl halides is 3. The summed E-state index contributed by atoms with van der Waals surface area (Å²) in [7, 11) is 2.01. The predicted molar refractivity (Wildman–Crippen MR) is 135 cm³/mol. The zero-order chi connectivity index (χ0) is 26.7. The predicted octanol–water partition coefficient (Wildman–Crippen LogP) is 3.75. The summed E-state index contributed by atoms with van der Waals surface area (Å²) in [6.07, 6.45) is -1.91. The molecule has 2 aliphatic rings. The zero-order valence-corrected chi connectivity index (χ0v) is 21.3. The summed E-state index contributed by atoms with van der Waals surface area (Å²) in [5.41, 5.74) is 7.61. The second-order valence-electron chi connectivity index (χ2n) is 9.44. The number of amides is 1. The normalized spacial score (nSPS) is 20.4. The van der Waals surface area contributed by atoms with Gasteiger partial charge in [-0.15, -0.1) is 0 Å². The average molecular weight is 522 g/mol. The van der Waals surface area contributed by atoms with E-state index in [0.29, 0.717) is 16.6 Å². The van der Waals surface area contributed by atoms with Crippen molar-refractivity contribution in [2.75, 3.05) is 25.5 Å². The molecule has 12 heteroatoms. The maximum atomic E-state index is 13.5. The number of piperidine rings is 1. The summed E-state index contributed by atoms with van der Waals surface area (Å²) in [6.45, 7) is 4.44. The van der Waals surface area contributed by atoms with Crippen molar-refractivity contribution in [3.8, 4) is 11.5 Å². The molecule has 0 radical (unpaired) electrons. The largest absolute Gasteiger partial charge is 0.406 e. The molecule has 2 fully saturated rings. The Morgan fingerprint density at radius 1 is 1.24 bits per heavy atom. The van der Waals surface area contributed by atoms with Crippen molar-refractivity contribution < 1.29 is 22.5 Å². The Kier molecular flexibility index (Phi) is 8.08. The smallest absolute Gasteiger partial charge is 0.380 e. The Bertz CT molecular complexity index is 1220. The van der Waals surface area contributed by atoms with Gasteiger partial charge in [0.25, 0.3) is 0 Å². The number of nitrogens with one attached hydrogen (secondary N) is 2. The van der Waals surface area contributed by atoms with Gasteiger partial charge in [0.05, 0.1) is 17.8 Å². The van der Waals surface area contributed by atoms with Crippen molar-refractivity contribution in [2.24, 2.45) is 11.7 Å². The van der Waals surface area contributed by atoms with E-state index in [2.05, 4.69) is 25.7 Å². The molecule has 0 spiro atoms. The van der Waals surface area contributed by atoms with Crippen LogP contribution in [0.3, 0.4) is 0 Å². The Hall–Kier alpha value is -3.12. The highest BCUT2D eigenvalue weighted by molar-refractivity contribution is 5.96. The van der Waals surface area contributed by atoms with E-state index in [1.807, 2.05) is 27.0 Å². The molecule has 1 aromatic carbocycles.